The van der Waals surface area contributed by atoms with Crippen LogP contribution in [-0.2, 0) is 0 Å². The Morgan fingerprint density at radius 3 is 1.09 bits per heavy atom. The zero-order valence-electron chi connectivity index (χ0n) is 35.0. The second kappa shape index (κ2) is 15.1. The molecule has 0 nitrogen and oxygen atoms in total. The van der Waals surface area contributed by atoms with E-state index in [4.69, 9.17) is 0 Å². The SMILES string of the molecule is c1ccc(-c2ccccc2-c2c3cccc(-c4cccc5c4c4ccccc4p5-c4ccccc4)c3cc3c(-c4cccc5c4c4ccccc4p5-c4ccccc4)cccc23)cc1. The van der Waals surface area contributed by atoms with E-state index >= 15 is 0 Å². The normalized spacial score (nSPS) is 12.3. The first kappa shape index (κ1) is 37.1. The Labute approximate surface area is 374 Å². The van der Waals surface area contributed by atoms with Crippen LogP contribution in [0.2, 0.25) is 0 Å². The van der Waals surface area contributed by atoms with Gasteiger partial charge in [-0.15, -0.1) is 0 Å². The van der Waals surface area contributed by atoms with Crippen molar-refractivity contribution in [3.8, 4) is 55.1 Å². The first-order valence-corrected chi connectivity index (χ1v) is 24.8. The summed E-state index contributed by atoms with van der Waals surface area (Å²) in [5.74, 6) is 0. The minimum Gasteiger partial charge on any atom is -0.0772 e. The van der Waals surface area contributed by atoms with E-state index in [1.807, 2.05) is 0 Å². The summed E-state index contributed by atoms with van der Waals surface area (Å²) < 4.78 is 0. The first-order chi connectivity index (χ1) is 31.8. The fraction of sp³-hybridized carbons (Fsp3) is 0. The molecule has 0 aliphatic carbocycles. The van der Waals surface area contributed by atoms with Gasteiger partial charge in [-0.3, -0.25) is 0 Å². The van der Waals surface area contributed by atoms with E-state index in [0.717, 1.165) is 0 Å². The van der Waals surface area contributed by atoms with Crippen molar-refractivity contribution in [3.05, 3.63) is 243 Å². The van der Waals surface area contributed by atoms with Crippen LogP contribution in [0.5, 0.6) is 0 Å². The summed E-state index contributed by atoms with van der Waals surface area (Å²) in [5.41, 5.74) is 10.1. The molecule has 2 heteroatoms. The fourth-order valence-corrected chi connectivity index (χ4v) is 16.0. The van der Waals surface area contributed by atoms with Crippen molar-refractivity contribution in [1.82, 2.24) is 0 Å². The summed E-state index contributed by atoms with van der Waals surface area (Å²) in [6.07, 6.45) is 0. The third-order valence-electron chi connectivity index (χ3n) is 13.3. The maximum atomic E-state index is 2.53. The summed E-state index contributed by atoms with van der Waals surface area (Å²) in [4.78, 5) is 0. The molecule has 0 aliphatic heterocycles. The molecule has 0 aliphatic rings. The molecule has 0 spiro atoms. The maximum Gasteiger partial charge on any atom is 0.00745 e. The average molecular weight is 847 g/mol. The van der Waals surface area contributed by atoms with Crippen LogP contribution in [0, 0.1) is 0 Å². The molecule has 11 aromatic carbocycles. The van der Waals surface area contributed by atoms with E-state index in [1.54, 1.807) is 0 Å². The molecule has 298 valence electrons. The van der Waals surface area contributed by atoms with Crippen LogP contribution in [0.3, 0.4) is 0 Å². The molecule has 2 heterocycles. The lowest BCUT2D eigenvalue weighted by atomic mass is 9.83. The summed E-state index contributed by atoms with van der Waals surface area (Å²) in [5, 5.41) is 19.0. The minimum absolute atomic E-state index is 0.701. The van der Waals surface area contributed by atoms with Crippen molar-refractivity contribution < 1.29 is 0 Å². The topological polar surface area (TPSA) is 0 Å². The molecule has 0 N–H and O–H groups in total. The van der Waals surface area contributed by atoms with Gasteiger partial charge in [0.15, 0.2) is 0 Å². The summed E-state index contributed by atoms with van der Waals surface area (Å²) in [6.45, 7) is 0. The molecule has 2 aromatic heterocycles. The Bertz CT molecular complexity index is 3720. The van der Waals surface area contributed by atoms with Gasteiger partial charge in [0.1, 0.15) is 0 Å². The van der Waals surface area contributed by atoms with Crippen LogP contribution in [-0.4, -0.2) is 0 Å². The van der Waals surface area contributed by atoms with Gasteiger partial charge in [-0.25, -0.2) is 0 Å². The second-order valence-corrected chi connectivity index (χ2v) is 21.0. The lowest BCUT2D eigenvalue weighted by molar-refractivity contribution is 1.61. The van der Waals surface area contributed by atoms with E-state index < -0.39 is 15.1 Å². The zero-order chi connectivity index (χ0) is 42.1. The summed E-state index contributed by atoms with van der Waals surface area (Å²) in [7, 11) is -1.40. The molecule has 64 heavy (non-hydrogen) atoms. The Morgan fingerprint density at radius 1 is 0.219 bits per heavy atom. The monoisotopic (exact) mass is 846 g/mol. The van der Waals surface area contributed by atoms with E-state index in [9.17, 15) is 0 Å². The minimum atomic E-state index is -0.701. The van der Waals surface area contributed by atoms with Crippen LogP contribution in [0.4, 0.5) is 0 Å². The van der Waals surface area contributed by atoms with Crippen LogP contribution in [0.15, 0.2) is 243 Å². The van der Waals surface area contributed by atoms with Gasteiger partial charge >= 0.3 is 0 Å². The highest BCUT2D eigenvalue weighted by Crippen LogP contribution is 2.59. The zero-order valence-corrected chi connectivity index (χ0v) is 36.8. The molecule has 0 saturated heterocycles. The maximum absolute atomic E-state index is 2.53. The highest BCUT2D eigenvalue weighted by Gasteiger charge is 2.23. The lowest BCUT2D eigenvalue weighted by Gasteiger charge is -2.20. The Balaban J connectivity index is 1.17. The number of benzene rings is 11. The van der Waals surface area contributed by atoms with Gasteiger partial charge in [0.25, 0.3) is 0 Å². The van der Waals surface area contributed by atoms with E-state index in [0.29, 0.717) is 0 Å². The third kappa shape index (κ3) is 5.71. The van der Waals surface area contributed by atoms with Gasteiger partial charge in [-0.1, -0.05) is 240 Å². The van der Waals surface area contributed by atoms with Crippen molar-refractivity contribution in [1.29, 1.82) is 0 Å². The van der Waals surface area contributed by atoms with Crippen molar-refractivity contribution in [2.24, 2.45) is 0 Å². The number of hydrogen-bond acceptors (Lipinski definition) is 0. The molecule has 0 fully saturated rings. The van der Waals surface area contributed by atoms with Gasteiger partial charge in [-0.05, 0) is 106 Å². The molecule has 2 atom stereocenters. The number of hydrogen-bond donors (Lipinski definition) is 0. The van der Waals surface area contributed by atoms with Gasteiger partial charge in [0.2, 0.25) is 0 Å². The molecular formula is C62H40P2. The van der Waals surface area contributed by atoms with Crippen molar-refractivity contribution in [3.63, 3.8) is 0 Å². The standard InChI is InChI=1S/C62H40P2/c1-4-20-41(21-5-1)44-26-10-11-27-47(44)60-50-32-16-30-45(48-34-18-38-58-61(48)52-28-12-14-36-56(52)63(58)42-22-6-2-7-23-42)54(50)40-55-46(31-17-33-51(55)60)49-35-19-39-59-62(49)53-29-13-15-37-57(53)64(59)43-24-8-3-9-25-43/h1-40H. The molecule has 0 saturated carbocycles. The van der Waals surface area contributed by atoms with Crippen molar-refractivity contribution >= 4 is 78.6 Å². The second-order valence-electron chi connectivity index (χ2n) is 16.7. The Hall–Kier alpha value is -7.46. The van der Waals surface area contributed by atoms with Crippen molar-refractivity contribution in [2.75, 3.05) is 0 Å². The molecule has 2 unspecified atom stereocenters. The molecule has 13 rings (SSSR count). The summed E-state index contributed by atoms with van der Waals surface area (Å²) >= 11 is 0. The molecular weight excluding hydrogens is 807 g/mol. The average Bonchev–Trinajstić information content (AvgIpc) is 3.90. The smallest absolute Gasteiger partial charge is 0.00745 e. The predicted molar refractivity (Wildman–Crippen MR) is 281 cm³/mol. The van der Waals surface area contributed by atoms with Crippen LogP contribution in [0.1, 0.15) is 0 Å². The highest BCUT2D eigenvalue weighted by molar-refractivity contribution is 7.68. The van der Waals surface area contributed by atoms with Gasteiger partial charge in [0, 0.05) is 31.2 Å². The van der Waals surface area contributed by atoms with Gasteiger partial charge < -0.3 is 0 Å². The number of fused-ring (bicyclic) bond motifs is 8. The van der Waals surface area contributed by atoms with E-state index in [1.165, 1.54) is 119 Å². The molecule has 13 aromatic rings. The molecule has 0 amide bonds. The molecule has 0 bridgehead atoms. The van der Waals surface area contributed by atoms with Gasteiger partial charge in [-0.2, -0.15) is 0 Å². The first-order valence-electron chi connectivity index (χ1n) is 22.1. The quantitative estimate of drug-likeness (QED) is 0.146. The summed E-state index contributed by atoms with van der Waals surface area (Å²) in [6, 6.07) is 91.1. The Morgan fingerprint density at radius 2 is 0.578 bits per heavy atom. The van der Waals surface area contributed by atoms with Crippen LogP contribution < -0.4 is 0 Å². The van der Waals surface area contributed by atoms with E-state index in [2.05, 4.69) is 243 Å². The third-order valence-corrected chi connectivity index (χ3v) is 18.4. The molecule has 0 radical (unpaired) electrons. The number of rotatable bonds is 6. The lowest BCUT2D eigenvalue weighted by Crippen LogP contribution is -1.93. The van der Waals surface area contributed by atoms with Gasteiger partial charge in [0.05, 0.1) is 0 Å². The fourth-order valence-electron chi connectivity index (χ4n) is 10.7. The van der Waals surface area contributed by atoms with Crippen LogP contribution in [0.25, 0.3) is 119 Å². The van der Waals surface area contributed by atoms with Crippen molar-refractivity contribution in [2.45, 2.75) is 0 Å². The van der Waals surface area contributed by atoms with E-state index in [-0.39, 0.29) is 0 Å². The predicted octanol–water partition coefficient (Wildman–Crippen LogP) is 19.2. The highest BCUT2D eigenvalue weighted by atomic mass is 31.1. The largest absolute Gasteiger partial charge is 0.0772 e. The Kier molecular flexibility index (Phi) is 8.77. The van der Waals surface area contributed by atoms with Crippen LogP contribution >= 0.6 is 15.1 Å².